The van der Waals surface area contributed by atoms with E-state index < -0.39 is 0 Å². The number of morpholine rings is 1. The van der Waals surface area contributed by atoms with Crippen LogP contribution in [0.4, 0.5) is 0 Å². The van der Waals surface area contributed by atoms with Crippen molar-refractivity contribution in [2.24, 2.45) is 11.8 Å². The lowest BCUT2D eigenvalue weighted by atomic mass is 9.97. The highest BCUT2D eigenvalue weighted by Gasteiger charge is 2.45. The van der Waals surface area contributed by atoms with Crippen molar-refractivity contribution < 1.29 is 9.53 Å². The van der Waals surface area contributed by atoms with Gasteiger partial charge in [0.1, 0.15) is 0 Å². The van der Waals surface area contributed by atoms with Gasteiger partial charge in [-0.1, -0.05) is 13.0 Å². The Morgan fingerprint density at radius 3 is 3.04 bits per heavy atom. The van der Waals surface area contributed by atoms with Gasteiger partial charge in [0.15, 0.2) is 0 Å². The maximum Gasteiger partial charge on any atom is 0.226 e. The molecule has 3 fully saturated rings. The van der Waals surface area contributed by atoms with E-state index >= 15 is 0 Å². The number of nitrogens with zero attached hydrogens (tertiary/aromatic N) is 3. The van der Waals surface area contributed by atoms with Gasteiger partial charge in [-0.2, -0.15) is 0 Å². The molecule has 3 aliphatic rings. The van der Waals surface area contributed by atoms with Gasteiger partial charge < -0.3 is 9.64 Å². The summed E-state index contributed by atoms with van der Waals surface area (Å²) in [5.41, 5.74) is 1.23. The minimum absolute atomic E-state index is 0.265. The van der Waals surface area contributed by atoms with Crippen molar-refractivity contribution >= 4 is 5.91 Å². The largest absolute Gasteiger partial charge is 0.375 e. The maximum atomic E-state index is 12.6. The zero-order valence-corrected chi connectivity index (χ0v) is 13.7. The van der Waals surface area contributed by atoms with E-state index in [-0.39, 0.29) is 12.0 Å². The Morgan fingerprint density at radius 2 is 2.30 bits per heavy atom. The summed E-state index contributed by atoms with van der Waals surface area (Å²) < 4.78 is 5.98. The Kier molecular flexibility index (Phi) is 4.07. The Balaban J connectivity index is 1.44. The average Bonchev–Trinajstić information content (AvgIpc) is 3.32. The molecule has 0 radical (unpaired) electrons. The normalized spacial score (nSPS) is 34.0. The second kappa shape index (κ2) is 6.21. The van der Waals surface area contributed by atoms with Crippen molar-refractivity contribution in [2.75, 3.05) is 26.2 Å². The molecule has 1 aliphatic carbocycles. The first-order chi connectivity index (χ1) is 11.2. The number of pyridine rings is 1. The van der Waals surface area contributed by atoms with Crippen LogP contribution in [-0.2, 0) is 16.1 Å². The van der Waals surface area contributed by atoms with Gasteiger partial charge in [-0.25, -0.2) is 0 Å². The monoisotopic (exact) mass is 315 g/mol. The first kappa shape index (κ1) is 15.1. The van der Waals surface area contributed by atoms with Crippen molar-refractivity contribution in [2.45, 2.75) is 38.5 Å². The van der Waals surface area contributed by atoms with E-state index in [0.717, 1.165) is 45.6 Å². The van der Waals surface area contributed by atoms with Crippen LogP contribution < -0.4 is 0 Å². The van der Waals surface area contributed by atoms with E-state index in [0.29, 0.717) is 17.9 Å². The average molecular weight is 315 g/mol. The summed E-state index contributed by atoms with van der Waals surface area (Å²) in [5, 5.41) is 0. The minimum atomic E-state index is 0.265. The van der Waals surface area contributed by atoms with Gasteiger partial charge in [-0.15, -0.1) is 0 Å². The molecule has 5 heteroatoms. The Hall–Kier alpha value is -1.46. The molecule has 4 atom stereocenters. The predicted octanol–water partition coefficient (Wildman–Crippen LogP) is 1.54. The third kappa shape index (κ3) is 3.12. The number of fused-ring (bicyclic) bond motifs is 1. The number of hydrogen-bond donors (Lipinski definition) is 0. The third-order valence-corrected chi connectivity index (χ3v) is 5.55. The summed E-state index contributed by atoms with van der Waals surface area (Å²) in [6.45, 7) is 6.44. The fourth-order valence-corrected chi connectivity index (χ4v) is 3.97. The highest BCUT2D eigenvalue weighted by Crippen LogP contribution is 2.40. The van der Waals surface area contributed by atoms with Gasteiger partial charge in [0.2, 0.25) is 5.91 Å². The van der Waals surface area contributed by atoms with Crippen molar-refractivity contribution in [3.8, 4) is 0 Å². The van der Waals surface area contributed by atoms with Gasteiger partial charge in [0.25, 0.3) is 0 Å². The molecule has 5 nitrogen and oxygen atoms in total. The van der Waals surface area contributed by atoms with E-state index in [2.05, 4.69) is 27.8 Å². The molecule has 0 N–H and O–H groups in total. The van der Waals surface area contributed by atoms with Crippen molar-refractivity contribution in [3.63, 3.8) is 0 Å². The summed E-state index contributed by atoms with van der Waals surface area (Å²) >= 11 is 0. The molecule has 124 valence electrons. The zero-order chi connectivity index (χ0) is 15.8. The van der Waals surface area contributed by atoms with Crippen LogP contribution in [0.3, 0.4) is 0 Å². The van der Waals surface area contributed by atoms with Crippen LogP contribution in [0.5, 0.6) is 0 Å². The Bertz CT molecular complexity index is 565. The smallest absolute Gasteiger partial charge is 0.226 e. The lowest BCUT2D eigenvalue weighted by molar-refractivity contribution is -0.145. The summed E-state index contributed by atoms with van der Waals surface area (Å²) in [5.74, 6) is 1.22. The summed E-state index contributed by atoms with van der Waals surface area (Å²) in [4.78, 5) is 21.3. The molecular weight excluding hydrogens is 290 g/mol. The lowest BCUT2D eigenvalue weighted by Crippen LogP contribution is -2.60. The number of likely N-dealkylation sites (tertiary alicyclic amines) is 1. The Labute approximate surface area is 137 Å². The van der Waals surface area contributed by atoms with Crippen LogP contribution in [-0.4, -0.2) is 59.1 Å². The van der Waals surface area contributed by atoms with Gasteiger partial charge >= 0.3 is 0 Å². The fourth-order valence-electron chi connectivity index (χ4n) is 3.97. The highest BCUT2D eigenvalue weighted by atomic mass is 16.5. The number of ether oxygens (including phenoxy) is 1. The number of hydrogen-bond acceptors (Lipinski definition) is 4. The summed E-state index contributed by atoms with van der Waals surface area (Å²) in [6, 6.07) is 4.42. The summed E-state index contributed by atoms with van der Waals surface area (Å²) in [7, 11) is 0. The van der Waals surface area contributed by atoms with Gasteiger partial charge in [-0.3, -0.25) is 14.7 Å². The first-order valence-electron chi connectivity index (χ1n) is 8.75. The number of carbonyl (C=O) groups excluding carboxylic acids is 1. The molecule has 0 aromatic carbocycles. The zero-order valence-electron chi connectivity index (χ0n) is 13.7. The molecular formula is C18H25N3O2. The van der Waals surface area contributed by atoms with E-state index in [1.165, 1.54) is 5.56 Å². The maximum absolute atomic E-state index is 12.6. The predicted molar refractivity (Wildman–Crippen MR) is 86.6 cm³/mol. The van der Waals surface area contributed by atoms with E-state index in [9.17, 15) is 4.79 Å². The quantitative estimate of drug-likeness (QED) is 0.849. The molecule has 2 unspecified atom stereocenters. The molecule has 23 heavy (non-hydrogen) atoms. The van der Waals surface area contributed by atoms with Crippen molar-refractivity contribution in [1.29, 1.82) is 0 Å². The molecule has 2 aliphatic heterocycles. The summed E-state index contributed by atoms with van der Waals surface area (Å²) in [6.07, 6.45) is 6.03. The molecule has 1 aromatic heterocycles. The van der Waals surface area contributed by atoms with E-state index in [4.69, 9.17) is 4.74 Å². The SMILES string of the molecule is CC1CC1C(=O)N1CC[C@H]2OCCN(Cc3cccnc3)[C@@H]2C1. The molecule has 1 saturated carbocycles. The molecule has 0 spiro atoms. The number of rotatable bonds is 3. The molecule has 1 amide bonds. The van der Waals surface area contributed by atoms with Gasteiger partial charge in [0, 0.05) is 44.5 Å². The van der Waals surface area contributed by atoms with Gasteiger partial charge in [-0.05, 0) is 30.4 Å². The molecule has 4 rings (SSSR count). The van der Waals surface area contributed by atoms with E-state index in [1.54, 1.807) is 0 Å². The van der Waals surface area contributed by atoms with Gasteiger partial charge in [0.05, 0.1) is 18.8 Å². The van der Waals surface area contributed by atoms with Crippen LogP contribution >= 0.6 is 0 Å². The second-order valence-electron chi connectivity index (χ2n) is 7.20. The molecule has 2 saturated heterocycles. The standard InChI is InChI=1S/C18H25N3O2/c1-13-9-15(13)18(22)21-6-4-17-16(12-21)20(7-8-23-17)11-14-3-2-5-19-10-14/h2-3,5,10,13,15-17H,4,6-9,11-12H2,1H3/t13?,15?,16-,17-/m1/s1. The molecule has 1 aromatic rings. The van der Waals surface area contributed by atoms with Crippen LogP contribution in [0.1, 0.15) is 25.3 Å². The number of carbonyl (C=O) groups is 1. The number of piperidine rings is 1. The van der Waals surface area contributed by atoms with Crippen molar-refractivity contribution in [1.82, 2.24) is 14.8 Å². The van der Waals surface area contributed by atoms with Crippen LogP contribution in [0.25, 0.3) is 0 Å². The topological polar surface area (TPSA) is 45.7 Å². The third-order valence-electron chi connectivity index (χ3n) is 5.55. The number of amides is 1. The lowest BCUT2D eigenvalue weighted by Gasteiger charge is -2.47. The highest BCUT2D eigenvalue weighted by molar-refractivity contribution is 5.81. The Morgan fingerprint density at radius 1 is 1.43 bits per heavy atom. The first-order valence-corrected chi connectivity index (χ1v) is 8.75. The fraction of sp³-hybridized carbons (Fsp3) is 0.667. The number of aromatic nitrogens is 1. The van der Waals surface area contributed by atoms with Crippen LogP contribution in [0.15, 0.2) is 24.5 Å². The second-order valence-corrected chi connectivity index (χ2v) is 7.20. The molecule has 0 bridgehead atoms. The van der Waals surface area contributed by atoms with Crippen molar-refractivity contribution in [3.05, 3.63) is 30.1 Å². The minimum Gasteiger partial charge on any atom is -0.375 e. The van der Waals surface area contributed by atoms with Crippen LogP contribution in [0.2, 0.25) is 0 Å². The molecule has 3 heterocycles. The van der Waals surface area contributed by atoms with E-state index in [1.807, 2.05) is 18.5 Å². The van der Waals surface area contributed by atoms with Crippen LogP contribution in [0, 0.1) is 11.8 Å².